The van der Waals surface area contributed by atoms with Gasteiger partial charge in [0.1, 0.15) is 0 Å². The molecule has 1 aromatic carbocycles. The summed E-state index contributed by atoms with van der Waals surface area (Å²) in [5, 5.41) is 3.45. The molecule has 3 heteroatoms. The predicted molar refractivity (Wildman–Crippen MR) is 80.9 cm³/mol. The van der Waals surface area contributed by atoms with Gasteiger partial charge in [0, 0.05) is 32.1 Å². The molecule has 5 rings (SSSR count). The smallest absolute Gasteiger partial charge is 0.226 e. The Morgan fingerprint density at radius 3 is 2.71 bits per heavy atom. The van der Waals surface area contributed by atoms with Crippen LogP contribution in [0.5, 0.6) is 0 Å². The van der Waals surface area contributed by atoms with Crippen LogP contribution in [0.15, 0.2) is 24.3 Å². The molecule has 21 heavy (non-hydrogen) atoms. The zero-order valence-corrected chi connectivity index (χ0v) is 12.3. The van der Waals surface area contributed by atoms with Crippen LogP contribution in [0.3, 0.4) is 0 Å². The number of nitrogens with one attached hydrogen (secondary N) is 1. The lowest BCUT2D eigenvalue weighted by Crippen LogP contribution is -2.33. The minimum Gasteiger partial charge on any atom is -0.342 e. The quantitative estimate of drug-likeness (QED) is 0.849. The number of amides is 1. The normalized spacial score (nSPS) is 39.6. The Hall–Kier alpha value is -1.35. The first-order valence-corrected chi connectivity index (χ1v) is 8.40. The summed E-state index contributed by atoms with van der Waals surface area (Å²) in [6, 6.07) is 8.76. The summed E-state index contributed by atoms with van der Waals surface area (Å²) in [5.41, 5.74) is 2.95. The third-order valence-corrected chi connectivity index (χ3v) is 6.32. The largest absolute Gasteiger partial charge is 0.342 e. The van der Waals surface area contributed by atoms with Crippen molar-refractivity contribution in [1.29, 1.82) is 0 Å². The van der Waals surface area contributed by atoms with E-state index < -0.39 is 0 Å². The van der Waals surface area contributed by atoms with E-state index in [0.29, 0.717) is 35.5 Å². The van der Waals surface area contributed by atoms with E-state index in [2.05, 4.69) is 34.5 Å². The molecule has 2 aliphatic heterocycles. The number of benzene rings is 1. The maximum atomic E-state index is 12.9. The van der Waals surface area contributed by atoms with E-state index >= 15 is 0 Å². The van der Waals surface area contributed by atoms with Crippen molar-refractivity contribution in [3.63, 3.8) is 0 Å². The maximum absolute atomic E-state index is 12.9. The number of aryl methyl sites for hydroxylation is 1. The third-order valence-electron chi connectivity index (χ3n) is 6.32. The Morgan fingerprint density at radius 2 is 1.90 bits per heavy atom. The summed E-state index contributed by atoms with van der Waals surface area (Å²) in [5.74, 6) is 3.33. The Kier molecular flexibility index (Phi) is 2.52. The molecule has 0 radical (unpaired) electrons. The molecular formula is C18H22N2O. The average Bonchev–Trinajstić information content (AvgIpc) is 2.84. The van der Waals surface area contributed by atoms with Crippen molar-refractivity contribution in [3.8, 4) is 0 Å². The van der Waals surface area contributed by atoms with Crippen LogP contribution in [-0.2, 0) is 11.2 Å². The van der Waals surface area contributed by atoms with Gasteiger partial charge in [-0.15, -0.1) is 0 Å². The minimum absolute atomic E-state index is 0.292. The van der Waals surface area contributed by atoms with E-state index in [9.17, 15) is 4.79 Å². The third kappa shape index (κ3) is 1.73. The first kappa shape index (κ1) is 12.2. The predicted octanol–water partition coefficient (Wildman–Crippen LogP) is 1.64. The molecule has 1 saturated carbocycles. The molecule has 2 saturated heterocycles. The number of likely N-dealkylation sites (tertiary alicyclic amines) is 1. The van der Waals surface area contributed by atoms with E-state index in [1.807, 2.05) is 0 Å². The number of carbonyl (C=O) groups is 1. The minimum atomic E-state index is 0.292. The van der Waals surface area contributed by atoms with Gasteiger partial charge in [-0.1, -0.05) is 24.3 Å². The fourth-order valence-electron chi connectivity index (χ4n) is 5.15. The molecule has 0 aromatic heterocycles. The number of carbonyl (C=O) groups excluding carboxylic acids is 1. The summed E-state index contributed by atoms with van der Waals surface area (Å²) in [6.07, 6.45) is 2.37. The summed E-state index contributed by atoms with van der Waals surface area (Å²) >= 11 is 0. The first-order chi connectivity index (χ1) is 10.3. The van der Waals surface area contributed by atoms with Gasteiger partial charge in [-0.3, -0.25) is 4.79 Å². The standard InChI is InChI=1S/C18H22N2O/c21-18(20-9-12-7-19-8-13(12)10-20)17-15-6-5-11-3-1-2-4-14(11)16(15)17/h1-4,12-13,15-17,19H,5-10H2/t12-,13+,15?,16?,17?. The zero-order valence-electron chi connectivity index (χ0n) is 12.3. The second kappa shape index (κ2) is 4.33. The van der Waals surface area contributed by atoms with Crippen LogP contribution < -0.4 is 5.32 Å². The molecule has 3 fully saturated rings. The second-order valence-corrected chi connectivity index (χ2v) is 7.37. The topological polar surface area (TPSA) is 32.3 Å². The Morgan fingerprint density at radius 1 is 1.14 bits per heavy atom. The van der Waals surface area contributed by atoms with Crippen LogP contribution in [-0.4, -0.2) is 37.0 Å². The summed E-state index contributed by atoms with van der Waals surface area (Å²) < 4.78 is 0. The van der Waals surface area contributed by atoms with E-state index in [0.717, 1.165) is 32.6 Å². The highest BCUT2D eigenvalue weighted by molar-refractivity contribution is 5.84. The number of hydrogen-bond donors (Lipinski definition) is 1. The second-order valence-electron chi connectivity index (χ2n) is 7.37. The molecule has 2 aliphatic carbocycles. The van der Waals surface area contributed by atoms with Crippen molar-refractivity contribution in [2.24, 2.45) is 23.7 Å². The average molecular weight is 282 g/mol. The van der Waals surface area contributed by atoms with Crippen LogP contribution in [0.25, 0.3) is 0 Å². The lowest BCUT2D eigenvalue weighted by atomic mass is 9.92. The van der Waals surface area contributed by atoms with Crippen molar-refractivity contribution in [2.45, 2.75) is 18.8 Å². The summed E-state index contributed by atoms with van der Waals surface area (Å²) in [4.78, 5) is 15.1. The van der Waals surface area contributed by atoms with Gasteiger partial charge in [0.15, 0.2) is 0 Å². The van der Waals surface area contributed by atoms with Gasteiger partial charge >= 0.3 is 0 Å². The van der Waals surface area contributed by atoms with Gasteiger partial charge in [0.25, 0.3) is 0 Å². The number of fused-ring (bicyclic) bond motifs is 4. The van der Waals surface area contributed by atoms with Crippen LogP contribution in [0.4, 0.5) is 0 Å². The molecule has 1 aromatic rings. The molecule has 0 spiro atoms. The molecule has 4 aliphatic rings. The van der Waals surface area contributed by atoms with Gasteiger partial charge < -0.3 is 10.2 Å². The Balaban J connectivity index is 1.35. The lowest BCUT2D eigenvalue weighted by molar-refractivity contribution is -0.132. The first-order valence-electron chi connectivity index (χ1n) is 8.40. The molecule has 3 unspecified atom stereocenters. The highest BCUT2D eigenvalue weighted by atomic mass is 16.2. The molecule has 0 bridgehead atoms. The number of hydrogen-bond acceptors (Lipinski definition) is 2. The van der Waals surface area contributed by atoms with E-state index in [1.54, 1.807) is 0 Å². The monoisotopic (exact) mass is 282 g/mol. The van der Waals surface area contributed by atoms with Crippen molar-refractivity contribution in [2.75, 3.05) is 26.2 Å². The van der Waals surface area contributed by atoms with E-state index in [-0.39, 0.29) is 0 Å². The highest BCUT2D eigenvalue weighted by Gasteiger charge is 2.58. The molecule has 110 valence electrons. The van der Waals surface area contributed by atoms with Crippen molar-refractivity contribution < 1.29 is 4.79 Å². The molecule has 2 heterocycles. The van der Waals surface area contributed by atoms with Crippen LogP contribution in [0, 0.1) is 23.7 Å². The molecule has 5 atom stereocenters. The summed E-state index contributed by atoms with van der Waals surface area (Å²) in [6.45, 7) is 4.20. The molecule has 1 N–H and O–H groups in total. The van der Waals surface area contributed by atoms with Crippen molar-refractivity contribution in [3.05, 3.63) is 35.4 Å². The van der Waals surface area contributed by atoms with Crippen LogP contribution >= 0.6 is 0 Å². The summed E-state index contributed by atoms with van der Waals surface area (Å²) in [7, 11) is 0. The molecule has 3 nitrogen and oxygen atoms in total. The SMILES string of the molecule is O=C(C1C2CCc3ccccc3C21)N1C[C@H]2CNC[C@H]2C1. The van der Waals surface area contributed by atoms with Gasteiger partial charge in [-0.25, -0.2) is 0 Å². The van der Waals surface area contributed by atoms with Crippen molar-refractivity contribution >= 4 is 5.91 Å². The van der Waals surface area contributed by atoms with Crippen LogP contribution in [0.1, 0.15) is 23.5 Å². The maximum Gasteiger partial charge on any atom is 0.226 e. The lowest BCUT2D eigenvalue weighted by Gasteiger charge is -2.17. The molecule has 1 amide bonds. The van der Waals surface area contributed by atoms with Gasteiger partial charge in [0.05, 0.1) is 0 Å². The van der Waals surface area contributed by atoms with Crippen LogP contribution in [0.2, 0.25) is 0 Å². The van der Waals surface area contributed by atoms with E-state index in [1.165, 1.54) is 17.5 Å². The van der Waals surface area contributed by atoms with E-state index in [4.69, 9.17) is 0 Å². The van der Waals surface area contributed by atoms with Gasteiger partial charge in [0.2, 0.25) is 5.91 Å². The highest BCUT2D eigenvalue weighted by Crippen LogP contribution is 2.60. The fraction of sp³-hybridized carbons (Fsp3) is 0.611. The zero-order chi connectivity index (χ0) is 14.0. The Bertz CT molecular complexity index is 587. The fourth-order valence-corrected chi connectivity index (χ4v) is 5.15. The Labute approximate surface area is 125 Å². The van der Waals surface area contributed by atoms with Crippen molar-refractivity contribution in [1.82, 2.24) is 10.2 Å². The van der Waals surface area contributed by atoms with Gasteiger partial charge in [-0.05, 0) is 47.6 Å². The number of nitrogens with zero attached hydrogens (tertiary/aromatic N) is 1. The van der Waals surface area contributed by atoms with Gasteiger partial charge in [-0.2, -0.15) is 0 Å². The molecular weight excluding hydrogens is 260 g/mol. The number of rotatable bonds is 1.